The van der Waals surface area contributed by atoms with E-state index in [2.05, 4.69) is 34.1 Å². The van der Waals surface area contributed by atoms with Crippen molar-refractivity contribution in [2.45, 2.75) is 33.7 Å². The second-order valence-corrected chi connectivity index (χ2v) is 9.92. The summed E-state index contributed by atoms with van der Waals surface area (Å²) in [5.41, 5.74) is 1.64. The number of nitrogens with one attached hydrogen (secondary N) is 1. The standard InChI is InChI=1S/C23H26ClN5O2S/c1-14-8-15(2)11-28(10-14)12-18-13-32-23(25-18)26-22(31)21-20(30)9-16(3)29(27-21)19-6-4-17(24)5-7-19/h4-7,9,13-15H,8,10-12H2,1-3H3,(H,25,26,31). The quantitative estimate of drug-likeness (QED) is 0.597. The molecule has 0 radical (unpaired) electrons. The zero-order valence-electron chi connectivity index (χ0n) is 18.3. The summed E-state index contributed by atoms with van der Waals surface area (Å²) >= 11 is 7.31. The van der Waals surface area contributed by atoms with Crippen molar-refractivity contribution in [3.8, 4) is 5.69 Å². The molecule has 168 valence electrons. The highest BCUT2D eigenvalue weighted by atomic mass is 35.5. The molecule has 2 atom stereocenters. The van der Waals surface area contributed by atoms with Gasteiger partial charge in [-0.2, -0.15) is 5.10 Å². The van der Waals surface area contributed by atoms with Crippen molar-refractivity contribution < 1.29 is 4.79 Å². The summed E-state index contributed by atoms with van der Waals surface area (Å²) in [6.45, 7) is 9.19. The van der Waals surface area contributed by atoms with Gasteiger partial charge >= 0.3 is 0 Å². The maximum absolute atomic E-state index is 12.8. The van der Waals surface area contributed by atoms with Crippen LogP contribution in [0.2, 0.25) is 5.02 Å². The summed E-state index contributed by atoms with van der Waals surface area (Å²) in [7, 11) is 0. The number of piperidine rings is 1. The number of thiazole rings is 1. The Morgan fingerprint density at radius 2 is 1.91 bits per heavy atom. The van der Waals surface area contributed by atoms with Crippen molar-refractivity contribution >= 4 is 34.0 Å². The number of carbonyl (C=O) groups is 1. The van der Waals surface area contributed by atoms with Crippen molar-refractivity contribution in [1.82, 2.24) is 19.7 Å². The third-order valence-corrected chi connectivity index (χ3v) is 6.55. The van der Waals surface area contributed by atoms with Crippen LogP contribution in [0.4, 0.5) is 5.13 Å². The number of amides is 1. The van der Waals surface area contributed by atoms with Crippen LogP contribution in [0.25, 0.3) is 5.69 Å². The van der Waals surface area contributed by atoms with Crippen LogP contribution in [-0.4, -0.2) is 38.7 Å². The molecule has 1 aromatic carbocycles. The van der Waals surface area contributed by atoms with Crippen LogP contribution in [0.15, 0.2) is 40.5 Å². The molecule has 0 spiro atoms. The van der Waals surface area contributed by atoms with E-state index in [1.807, 2.05) is 5.38 Å². The molecule has 1 aliphatic rings. The van der Waals surface area contributed by atoms with Gasteiger partial charge in [0.15, 0.2) is 10.8 Å². The first-order valence-corrected chi connectivity index (χ1v) is 11.9. The molecular weight excluding hydrogens is 446 g/mol. The van der Waals surface area contributed by atoms with E-state index in [0.29, 0.717) is 33.4 Å². The molecule has 3 aromatic rings. The maximum atomic E-state index is 12.8. The number of aryl methyl sites for hydroxylation is 1. The van der Waals surface area contributed by atoms with Gasteiger partial charge in [-0.15, -0.1) is 11.3 Å². The van der Waals surface area contributed by atoms with Crippen molar-refractivity contribution in [3.05, 3.63) is 68.0 Å². The lowest BCUT2D eigenvalue weighted by atomic mass is 9.92. The number of anilines is 1. The molecule has 2 unspecified atom stereocenters. The first-order chi connectivity index (χ1) is 15.3. The average Bonchev–Trinajstić information content (AvgIpc) is 3.14. The zero-order valence-corrected chi connectivity index (χ0v) is 19.9. The Hall–Kier alpha value is -2.55. The Labute approximate surface area is 196 Å². The number of carbonyl (C=O) groups excluding carboxylic acids is 1. The third kappa shape index (κ3) is 5.26. The molecule has 3 heterocycles. The van der Waals surface area contributed by atoms with E-state index in [1.54, 1.807) is 35.9 Å². The number of aromatic nitrogens is 3. The largest absolute Gasteiger partial charge is 0.297 e. The van der Waals surface area contributed by atoms with Gasteiger partial charge in [-0.1, -0.05) is 25.4 Å². The van der Waals surface area contributed by atoms with Crippen LogP contribution in [-0.2, 0) is 6.54 Å². The first-order valence-electron chi connectivity index (χ1n) is 10.6. The van der Waals surface area contributed by atoms with Crippen LogP contribution in [0, 0.1) is 18.8 Å². The molecule has 0 aliphatic carbocycles. The smallest absolute Gasteiger partial charge is 0.281 e. The molecule has 4 rings (SSSR count). The van der Waals surface area contributed by atoms with Gasteiger partial charge < -0.3 is 0 Å². The fourth-order valence-corrected chi connectivity index (χ4v) is 5.11. The summed E-state index contributed by atoms with van der Waals surface area (Å²) in [5, 5.41) is 10.0. The van der Waals surface area contributed by atoms with Gasteiger partial charge in [0.2, 0.25) is 5.43 Å². The van der Waals surface area contributed by atoms with Gasteiger partial charge in [0, 0.05) is 41.8 Å². The predicted molar refractivity (Wildman–Crippen MR) is 128 cm³/mol. The van der Waals surface area contributed by atoms with Crippen molar-refractivity contribution in [2.24, 2.45) is 11.8 Å². The highest BCUT2D eigenvalue weighted by molar-refractivity contribution is 7.13. The number of benzene rings is 1. The van der Waals surface area contributed by atoms with E-state index in [9.17, 15) is 9.59 Å². The molecule has 1 amide bonds. The topological polar surface area (TPSA) is 80.1 Å². The second kappa shape index (κ2) is 9.52. The van der Waals surface area contributed by atoms with E-state index in [4.69, 9.17) is 11.6 Å². The van der Waals surface area contributed by atoms with Crippen LogP contribution >= 0.6 is 22.9 Å². The SMILES string of the molecule is Cc1cc(=O)c(C(=O)Nc2nc(CN3CC(C)CC(C)C3)cs2)nn1-c1ccc(Cl)cc1. The van der Waals surface area contributed by atoms with E-state index >= 15 is 0 Å². The lowest BCUT2D eigenvalue weighted by Crippen LogP contribution is -2.38. The predicted octanol–water partition coefficient (Wildman–Crippen LogP) is 4.38. The van der Waals surface area contributed by atoms with Gasteiger partial charge in [0.05, 0.1) is 11.4 Å². The van der Waals surface area contributed by atoms with E-state index < -0.39 is 11.3 Å². The van der Waals surface area contributed by atoms with Crippen LogP contribution < -0.4 is 10.7 Å². The summed E-state index contributed by atoms with van der Waals surface area (Å²) in [6, 6.07) is 8.43. The molecule has 0 bridgehead atoms. The Kier molecular flexibility index (Phi) is 6.74. The Morgan fingerprint density at radius 1 is 1.22 bits per heavy atom. The number of nitrogens with zero attached hydrogens (tertiary/aromatic N) is 4. The van der Waals surface area contributed by atoms with Gasteiger partial charge in [0.1, 0.15) is 0 Å². The normalized spacial score (nSPS) is 19.1. The maximum Gasteiger partial charge on any atom is 0.281 e. The minimum Gasteiger partial charge on any atom is -0.297 e. The average molecular weight is 472 g/mol. The monoisotopic (exact) mass is 471 g/mol. The Bertz CT molecular complexity index is 1160. The summed E-state index contributed by atoms with van der Waals surface area (Å²) in [4.78, 5) is 32.2. The fourth-order valence-electron chi connectivity index (χ4n) is 4.29. The molecule has 1 saturated heterocycles. The summed E-state index contributed by atoms with van der Waals surface area (Å²) < 4.78 is 1.55. The van der Waals surface area contributed by atoms with Crippen LogP contribution in [0.1, 0.15) is 42.1 Å². The number of hydrogen-bond acceptors (Lipinski definition) is 6. The molecular formula is C23H26ClN5O2S. The highest BCUT2D eigenvalue weighted by Crippen LogP contribution is 2.24. The third-order valence-electron chi connectivity index (χ3n) is 5.50. The molecule has 1 fully saturated rings. The second-order valence-electron chi connectivity index (χ2n) is 8.63. The molecule has 9 heteroatoms. The Morgan fingerprint density at radius 3 is 2.59 bits per heavy atom. The van der Waals surface area contributed by atoms with Gasteiger partial charge in [-0.05, 0) is 49.4 Å². The fraction of sp³-hybridized carbons (Fsp3) is 0.391. The lowest BCUT2D eigenvalue weighted by Gasteiger charge is -2.34. The van der Waals surface area contributed by atoms with Gasteiger partial charge in [-0.25, -0.2) is 9.67 Å². The first kappa shape index (κ1) is 22.6. The summed E-state index contributed by atoms with van der Waals surface area (Å²) in [5.74, 6) is 0.776. The molecule has 0 saturated carbocycles. The number of likely N-dealkylation sites (tertiary alicyclic amines) is 1. The van der Waals surface area contributed by atoms with Crippen LogP contribution in [0.3, 0.4) is 0 Å². The number of halogens is 1. The van der Waals surface area contributed by atoms with Gasteiger partial charge in [-0.3, -0.25) is 19.8 Å². The molecule has 1 aliphatic heterocycles. The van der Waals surface area contributed by atoms with Crippen LogP contribution in [0.5, 0.6) is 0 Å². The number of rotatable bonds is 5. The number of hydrogen-bond donors (Lipinski definition) is 1. The summed E-state index contributed by atoms with van der Waals surface area (Å²) in [6.07, 6.45) is 1.26. The van der Waals surface area contributed by atoms with Gasteiger partial charge in [0.25, 0.3) is 5.91 Å². The minimum atomic E-state index is -0.571. The van der Waals surface area contributed by atoms with E-state index in [0.717, 1.165) is 25.3 Å². The molecule has 32 heavy (non-hydrogen) atoms. The minimum absolute atomic E-state index is 0.180. The molecule has 2 aromatic heterocycles. The molecule has 1 N–H and O–H groups in total. The van der Waals surface area contributed by atoms with E-state index in [-0.39, 0.29) is 5.69 Å². The van der Waals surface area contributed by atoms with Crippen molar-refractivity contribution in [2.75, 3.05) is 18.4 Å². The Balaban J connectivity index is 1.49. The van der Waals surface area contributed by atoms with Crippen molar-refractivity contribution in [1.29, 1.82) is 0 Å². The molecule has 7 nitrogen and oxygen atoms in total. The van der Waals surface area contributed by atoms with E-state index in [1.165, 1.54) is 23.8 Å². The highest BCUT2D eigenvalue weighted by Gasteiger charge is 2.23. The van der Waals surface area contributed by atoms with Crippen molar-refractivity contribution in [3.63, 3.8) is 0 Å². The lowest BCUT2D eigenvalue weighted by molar-refractivity contribution is 0.101. The zero-order chi connectivity index (χ0) is 22.8.